The van der Waals surface area contributed by atoms with Gasteiger partial charge < -0.3 is 19.1 Å². The molecule has 158 valence electrons. The maximum atomic E-state index is 13.2. The molecule has 3 aromatic rings. The molecule has 0 aliphatic carbocycles. The van der Waals surface area contributed by atoms with Gasteiger partial charge in [0.05, 0.1) is 30.2 Å². The second-order valence-corrected chi connectivity index (χ2v) is 8.74. The van der Waals surface area contributed by atoms with Crippen LogP contribution in [0.2, 0.25) is 0 Å². The van der Waals surface area contributed by atoms with Crippen molar-refractivity contribution in [2.45, 2.75) is 33.4 Å². The lowest BCUT2D eigenvalue weighted by atomic mass is 10.0. The van der Waals surface area contributed by atoms with Gasteiger partial charge in [-0.15, -0.1) is 11.3 Å². The topological polar surface area (TPSA) is 58.8 Å². The molecule has 0 radical (unpaired) electrons. The third kappa shape index (κ3) is 4.27. The second kappa shape index (κ2) is 9.02. The summed E-state index contributed by atoms with van der Waals surface area (Å²) >= 11 is 1.47. The number of amides is 1. The number of rotatable bonds is 6. The van der Waals surface area contributed by atoms with Crippen molar-refractivity contribution in [1.29, 1.82) is 0 Å². The monoisotopic (exact) mass is 425 g/mol. The van der Waals surface area contributed by atoms with Gasteiger partial charge in [0, 0.05) is 24.7 Å². The standard InChI is InChI=1S/C23H27N3O3S/c1-16(2)26(22(27)20-8-5-13-30-20)15-19-21(18-7-4-6-17(3)14-18)24-29-23(19)25-9-11-28-12-10-25/h4-8,13-14,16H,9-12,15H2,1-3H3. The van der Waals surface area contributed by atoms with E-state index in [1.54, 1.807) is 0 Å². The summed E-state index contributed by atoms with van der Waals surface area (Å²) in [7, 11) is 0. The van der Waals surface area contributed by atoms with Crippen LogP contribution in [0.3, 0.4) is 0 Å². The van der Waals surface area contributed by atoms with Gasteiger partial charge in [0.15, 0.2) is 0 Å². The van der Waals surface area contributed by atoms with Crippen molar-refractivity contribution in [3.8, 4) is 11.3 Å². The minimum Gasteiger partial charge on any atom is -0.378 e. The third-order valence-corrected chi connectivity index (χ3v) is 6.16. The predicted octanol–water partition coefficient (Wildman–Crippen LogP) is 4.60. The Morgan fingerprint density at radius 3 is 2.70 bits per heavy atom. The van der Waals surface area contributed by atoms with Gasteiger partial charge in [-0.05, 0) is 38.3 Å². The number of thiophene rings is 1. The van der Waals surface area contributed by atoms with Crippen LogP contribution in [0.15, 0.2) is 46.3 Å². The summed E-state index contributed by atoms with van der Waals surface area (Å²) in [6.45, 7) is 9.39. The van der Waals surface area contributed by atoms with Gasteiger partial charge in [0.2, 0.25) is 5.88 Å². The molecule has 0 bridgehead atoms. The molecule has 4 rings (SSSR count). The number of aryl methyl sites for hydroxylation is 1. The fourth-order valence-corrected chi connectivity index (χ4v) is 4.36. The molecule has 0 atom stereocenters. The molecule has 6 nitrogen and oxygen atoms in total. The largest absolute Gasteiger partial charge is 0.378 e. The van der Waals surface area contributed by atoms with Crippen LogP contribution in [-0.4, -0.2) is 48.3 Å². The van der Waals surface area contributed by atoms with Crippen molar-refractivity contribution in [3.05, 3.63) is 57.8 Å². The van der Waals surface area contributed by atoms with Gasteiger partial charge in [0.1, 0.15) is 5.69 Å². The minimum atomic E-state index is 0.0318. The van der Waals surface area contributed by atoms with Crippen LogP contribution in [0, 0.1) is 6.92 Å². The molecule has 30 heavy (non-hydrogen) atoms. The van der Waals surface area contributed by atoms with Crippen molar-refractivity contribution >= 4 is 23.1 Å². The number of carbonyl (C=O) groups excluding carboxylic acids is 1. The second-order valence-electron chi connectivity index (χ2n) is 7.79. The molecule has 1 amide bonds. The molecule has 1 aliphatic rings. The molecule has 0 saturated carbocycles. The number of carbonyl (C=O) groups is 1. The molecule has 1 fully saturated rings. The first-order valence-corrected chi connectivity index (χ1v) is 11.2. The number of anilines is 1. The number of hydrogen-bond acceptors (Lipinski definition) is 6. The Balaban J connectivity index is 1.75. The summed E-state index contributed by atoms with van der Waals surface area (Å²) in [5, 5.41) is 6.38. The Kier molecular flexibility index (Phi) is 6.20. The van der Waals surface area contributed by atoms with E-state index in [0.29, 0.717) is 19.8 Å². The lowest BCUT2D eigenvalue weighted by molar-refractivity contribution is 0.0695. The van der Waals surface area contributed by atoms with E-state index in [1.807, 2.05) is 48.4 Å². The Morgan fingerprint density at radius 1 is 1.23 bits per heavy atom. The molecular formula is C23H27N3O3S. The molecule has 3 heterocycles. The summed E-state index contributed by atoms with van der Waals surface area (Å²) in [6.07, 6.45) is 0. The first-order chi connectivity index (χ1) is 14.5. The highest BCUT2D eigenvalue weighted by molar-refractivity contribution is 7.12. The van der Waals surface area contributed by atoms with E-state index in [4.69, 9.17) is 9.26 Å². The van der Waals surface area contributed by atoms with Crippen molar-refractivity contribution in [2.24, 2.45) is 0 Å². The maximum Gasteiger partial charge on any atom is 0.264 e. The van der Waals surface area contributed by atoms with E-state index in [1.165, 1.54) is 11.3 Å². The van der Waals surface area contributed by atoms with E-state index >= 15 is 0 Å². The van der Waals surface area contributed by atoms with E-state index in [-0.39, 0.29) is 11.9 Å². The van der Waals surface area contributed by atoms with Gasteiger partial charge in [-0.2, -0.15) is 0 Å². The number of hydrogen-bond donors (Lipinski definition) is 0. The molecule has 0 spiro atoms. The quantitative estimate of drug-likeness (QED) is 0.578. The average Bonchev–Trinajstić information content (AvgIpc) is 3.42. The summed E-state index contributed by atoms with van der Waals surface area (Å²) in [5.41, 5.74) is 3.90. The fourth-order valence-electron chi connectivity index (χ4n) is 3.68. The van der Waals surface area contributed by atoms with Crippen LogP contribution >= 0.6 is 11.3 Å². The lowest BCUT2D eigenvalue weighted by Gasteiger charge is -2.30. The summed E-state index contributed by atoms with van der Waals surface area (Å²) in [5.74, 6) is 0.767. The van der Waals surface area contributed by atoms with Crippen molar-refractivity contribution in [2.75, 3.05) is 31.2 Å². The number of benzene rings is 1. The van der Waals surface area contributed by atoms with Crippen LogP contribution in [0.5, 0.6) is 0 Å². The summed E-state index contributed by atoms with van der Waals surface area (Å²) < 4.78 is 11.4. The highest BCUT2D eigenvalue weighted by Gasteiger charge is 2.29. The Labute approximate surface area is 181 Å². The van der Waals surface area contributed by atoms with Gasteiger partial charge in [-0.1, -0.05) is 35.0 Å². The third-order valence-electron chi connectivity index (χ3n) is 5.30. The number of morpholine rings is 1. The van der Waals surface area contributed by atoms with Crippen molar-refractivity contribution in [1.82, 2.24) is 10.1 Å². The maximum absolute atomic E-state index is 13.2. The molecular weight excluding hydrogens is 398 g/mol. The molecule has 0 N–H and O–H groups in total. The predicted molar refractivity (Wildman–Crippen MR) is 119 cm³/mol. The van der Waals surface area contributed by atoms with Crippen LogP contribution < -0.4 is 4.90 Å². The van der Waals surface area contributed by atoms with E-state index in [9.17, 15) is 4.79 Å². The Hall–Kier alpha value is -2.64. The normalized spacial score (nSPS) is 14.3. The molecule has 1 aromatic carbocycles. The Morgan fingerprint density at radius 2 is 2.03 bits per heavy atom. The zero-order valence-electron chi connectivity index (χ0n) is 17.6. The molecule has 1 aliphatic heterocycles. The first kappa shape index (κ1) is 20.6. The minimum absolute atomic E-state index is 0.0318. The Bertz CT molecular complexity index is 991. The molecule has 2 aromatic heterocycles. The number of aromatic nitrogens is 1. The SMILES string of the molecule is Cc1cccc(-c2noc(N3CCOCC3)c2CN(C(=O)c2cccs2)C(C)C)c1. The van der Waals surface area contributed by atoms with E-state index in [2.05, 4.69) is 29.1 Å². The van der Waals surface area contributed by atoms with Crippen LogP contribution in [0.4, 0.5) is 5.88 Å². The smallest absolute Gasteiger partial charge is 0.264 e. The van der Waals surface area contributed by atoms with Gasteiger partial charge in [-0.25, -0.2) is 0 Å². The highest BCUT2D eigenvalue weighted by atomic mass is 32.1. The zero-order valence-corrected chi connectivity index (χ0v) is 18.4. The molecule has 1 saturated heterocycles. The average molecular weight is 426 g/mol. The highest BCUT2D eigenvalue weighted by Crippen LogP contribution is 2.34. The lowest BCUT2D eigenvalue weighted by Crippen LogP contribution is -2.39. The van der Waals surface area contributed by atoms with Crippen molar-refractivity contribution in [3.63, 3.8) is 0 Å². The van der Waals surface area contributed by atoms with Crippen LogP contribution in [0.1, 0.15) is 34.6 Å². The van der Waals surface area contributed by atoms with Gasteiger partial charge >= 0.3 is 0 Å². The number of ether oxygens (including phenoxy) is 1. The van der Waals surface area contributed by atoms with Crippen LogP contribution in [-0.2, 0) is 11.3 Å². The summed E-state index contributed by atoms with van der Waals surface area (Å²) in [6, 6.07) is 12.1. The van der Waals surface area contributed by atoms with E-state index < -0.39 is 0 Å². The fraction of sp³-hybridized carbons (Fsp3) is 0.391. The zero-order chi connectivity index (χ0) is 21.1. The van der Waals surface area contributed by atoms with E-state index in [0.717, 1.165) is 46.2 Å². The van der Waals surface area contributed by atoms with Crippen molar-refractivity contribution < 1.29 is 14.1 Å². The van der Waals surface area contributed by atoms with Gasteiger partial charge in [0.25, 0.3) is 5.91 Å². The molecule has 7 heteroatoms. The molecule has 0 unspecified atom stereocenters. The van der Waals surface area contributed by atoms with Crippen LogP contribution in [0.25, 0.3) is 11.3 Å². The van der Waals surface area contributed by atoms with Gasteiger partial charge in [-0.3, -0.25) is 4.79 Å². The first-order valence-electron chi connectivity index (χ1n) is 10.3. The number of nitrogens with zero attached hydrogens (tertiary/aromatic N) is 3. The summed E-state index contributed by atoms with van der Waals surface area (Å²) in [4.78, 5) is 18.0.